The van der Waals surface area contributed by atoms with Crippen LogP contribution in [-0.2, 0) is 10.9 Å². The molecule has 0 atom stereocenters. The van der Waals surface area contributed by atoms with Crippen LogP contribution in [0.2, 0.25) is 0 Å². The molecule has 0 unspecified atom stereocenters. The molecule has 130 valence electrons. The second-order valence-electron chi connectivity index (χ2n) is 5.88. The van der Waals surface area contributed by atoms with Crippen molar-refractivity contribution in [3.05, 3.63) is 23.8 Å². The van der Waals surface area contributed by atoms with Gasteiger partial charge in [0.1, 0.15) is 11.4 Å². The number of ether oxygens (including phenoxy) is 2. The summed E-state index contributed by atoms with van der Waals surface area (Å²) in [4.78, 5) is 11.9. The highest BCUT2D eigenvalue weighted by Crippen LogP contribution is 2.38. The highest BCUT2D eigenvalue weighted by molar-refractivity contribution is 5.86. The summed E-state index contributed by atoms with van der Waals surface area (Å²) in [6.07, 6.45) is -4.90. The number of anilines is 1. The fourth-order valence-electron chi connectivity index (χ4n) is 1.64. The number of halogens is 3. The molecular formula is C15H21F3N2O3. The van der Waals surface area contributed by atoms with E-state index in [4.69, 9.17) is 15.3 Å². The van der Waals surface area contributed by atoms with Gasteiger partial charge in [-0.25, -0.2) is 15.6 Å². The molecule has 1 aromatic carbocycles. The molecule has 1 rings (SSSR count). The van der Waals surface area contributed by atoms with Crippen molar-refractivity contribution >= 4 is 11.8 Å². The van der Waals surface area contributed by atoms with Crippen molar-refractivity contribution in [2.24, 2.45) is 5.84 Å². The molecule has 0 spiro atoms. The van der Waals surface area contributed by atoms with Crippen molar-refractivity contribution in [3.8, 4) is 5.75 Å². The molecule has 5 nitrogen and oxygen atoms in total. The lowest BCUT2D eigenvalue weighted by atomic mass is 10.1. The number of nitrogens with two attached hydrogens (primary N) is 1. The molecule has 8 heteroatoms. The molecule has 1 amide bonds. The van der Waals surface area contributed by atoms with E-state index in [0.29, 0.717) is 11.4 Å². The lowest BCUT2D eigenvalue weighted by Gasteiger charge is -2.25. The van der Waals surface area contributed by atoms with Gasteiger partial charge in [-0.15, -0.1) is 0 Å². The van der Waals surface area contributed by atoms with Crippen molar-refractivity contribution in [1.29, 1.82) is 0 Å². The van der Waals surface area contributed by atoms with E-state index in [-0.39, 0.29) is 18.0 Å². The summed E-state index contributed by atoms with van der Waals surface area (Å²) in [5, 5.41) is 0.643. The van der Waals surface area contributed by atoms with Crippen molar-refractivity contribution in [1.82, 2.24) is 0 Å². The monoisotopic (exact) mass is 334 g/mol. The number of hydrazine groups is 1. The zero-order chi connectivity index (χ0) is 17.8. The molecule has 1 aromatic rings. The molecule has 0 heterocycles. The first-order chi connectivity index (χ1) is 10.5. The van der Waals surface area contributed by atoms with E-state index >= 15 is 0 Å². The average Bonchev–Trinajstić information content (AvgIpc) is 2.41. The van der Waals surface area contributed by atoms with Gasteiger partial charge in [0.05, 0.1) is 17.9 Å². The summed E-state index contributed by atoms with van der Waals surface area (Å²) in [6.45, 7) is 6.85. The minimum Gasteiger partial charge on any atom is -0.493 e. The maximum atomic E-state index is 13.0. The molecule has 0 saturated heterocycles. The molecule has 0 saturated carbocycles. The van der Waals surface area contributed by atoms with Gasteiger partial charge >= 0.3 is 12.3 Å². The summed E-state index contributed by atoms with van der Waals surface area (Å²) in [5.41, 5.74) is -1.66. The molecule has 2 N–H and O–H groups in total. The molecule has 0 aliphatic heterocycles. The van der Waals surface area contributed by atoms with Crippen LogP contribution in [0.4, 0.5) is 23.7 Å². The Morgan fingerprint density at radius 1 is 1.26 bits per heavy atom. The second kappa shape index (κ2) is 7.08. The molecule has 0 radical (unpaired) electrons. The van der Waals surface area contributed by atoms with Gasteiger partial charge in [-0.05, 0) is 39.3 Å². The summed E-state index contributed by atoms with van der Waals surface area (Å²) in [6, 6.07) is 2.98. The van der Waals surface area contributed by atoms with E-state index in [2.05, 4.69) is 0 Å². The second-order valence-corrected chi connectivity index (χ2v) is 5.88. The summed E-state index contributed by atoms with van der Waals surface area (Å²) >= 11 is 0. The Bertz CT molecular complexity index is 554. The van der Waals surface area contributed by atoms with Crippen LogP contribution >= 0.6 is 0 Å². The number of nitrogens with zero attached hydrogens (tertiary/aromatic N) is 1. The molecule has 0 aliphatic carbocycles. The number of rotatable bonds is 4. The van der Waals surface area contributed by atoms with Crippen LogP contribution in [0.5, 0.6) is 5.75 Å². The molecule has 23 heavy (non-hydrogen) atoms. The number of hydrogen-bond donors (Lipinski definition) is 1. The van der Waals surface area contributed by atoms with Gasteiger partial charge in [0, 0.05) is 6.07 Å². The lowest BCUT2D eigenvalue weighted by molar-refractivity contribution is -0.138. The number of benzene rings is 1. The molecule has 0 aliphatic rings. The Kier molecular flexibility index (Phi) is 5.87. The highest BCUT2D eigenvalue weighted by atomic mass is 19.4. The Morgan fingerprint density at radius 3 is 2.35 bits per heavy atom. The summed E-state index contributed by atoms with van der Waals surface area (Å²) in [5.74, 6) is 5.25. The smallest absolute Gasteiger partial charge is 0.429 e. The van der Waals surface area contributed by atoms with Crippen molar-refractivity contribution in [2.45, 2.75) is 45.9 Å². The fourth-order valence-corrected chi connectivity index (χ4v) is 1.64. The quantitative estimate of drug-likeness (QED) is 0.511. The average molecular weight is 334 g/mol. The van der Waals surface area contributed by atoms with Gasteiger partial charge in [0.2, 0.25) is 0 Å². The van der Waals surface area contributed by atoms with Crippen molar-refractivity contribution in [2.75, 3.05) is 11.6 Å². The summed E-state index contributed by atoms with van der Waals surface area (Å²) < 4.78 is 49.1. The van der Waals surface area contributed by atoms with E-state index in [1.165, 1.54) is 0 Å². The van der Waals surface area contributed by atoms with Gasteiger partial charge in [-0.1, -0.05) is 6.92 Å². The van der Waals surface area contributed by atoms with Crippen LogP contribution in [0.3, 0.4) is 0 Å². The number of alkyl halides is 3. The third kappa shape index (κ3) is 5.63. The minimum atomic E-state index is -4.56. The largest absolute Gasteiger partial charge is 0.493 e. The van der Waals surface area contributed by atoms with Crippen LogP contribution in [0.15, 0.2) is 18.2 Å². The first-order valence-electron chi connectivity index (χ1n) is 7.07. The van der Waals surface area contributed by atoms with Gasteiger partial charge < -0.3 is 9.47 Å². The normalized spacial score (nSPS) is 12.0. The number of amides is 1. The van der Waals surface area contributed by atoms with Gasteiger partial charge in [-0.2, -0.15) is 13.2 Å². The fraction of sp³-hybridized carbons (Fsp3) is 0.533. The van der Waals surface area contributed by atoms with E-state index in [1.807, 2.05) is 0 Å². The van der Waals surface area contributed by atoms with Crippen LogP contribution < -0.4 is 15.6 Å². The van der Waals surface area contributed by atoms with Crippen LogP contribution in [0, 0.1) is 0 Å². The van der Waals surface area contributed by atoms with E-state index < -0.39 is 23.4 Å². The predicted octanol–water partition coefficient (Wildman–Crippen LogP) is 4.11. The van der Waals surface area contributed by atoms with Gasteiger partial charge in [0.25, 0.3) is 0 Å². The minimum absolute atomic E-state index is 0.0401. The Hall–Kier alpha value is -1.96. The first kappa shape index (κ1) is 19.1. The third-order valence-corrected chi connectivity index (χ3v) is 2.60. The Labute approximate surface area is 133 Å². The topological polar surface area (TPSA) is 64.8 Å². The molecule has 0 bridgehead atoms. The van der Waals surface area contributed by atoms with Crippen LogP contribution in [0.25, 0.3) is 0 Å². The van der Waals surface area contributed by atoms with Crippen LogP contribution in [-0.4, -0.2) is 18.3 Å². The standard InChI is InChI=1S/C15H21F3N2O3/c1-5-8-22-12-9-10(6-7-11(12)15(16,17)18)20(19)13(21)23-14(2,3)4/h6-7,9H,5,8,19H2,1-4H3. The maximum absolute atomic E-state index is 13.0. The number of hydrogen-bond acceptors (Lipinski definition) is 4. The molecule has 0 aromatic heterocycles. The maximum Gasteiger partial charge on any atom is 0.429 e. The number of carbonyl (C=O) groups excluding carboxylic acids is 1. The third-order valence-electron chi connectivity index (χ3n) is 2.60. The lowest BCUT2D eigenvalue weighted by Crippen LogP contribution is -2.41. The number of carbonyl (C=O) groups is 1. The molecular weight excluding hydrogens is 313 g/mol. The van der Waals surface area contributed by atoms with E-state index in [0.717, 1.165) is 18.2 Å². The summed E-state index contributed by atoms with van der Waals surface area (Å²) in [7, 11) is 0. The van der Waals surface area contributed by atoms with E-state index in [9.17, 15) is 18.0 Å². The van der Waals surface area contributed by atoms with E-state index in [1.54, 1.807) is 27.7 Å². The zero-order valence-electron chi connectivity index (χ0n) is 13.5. The van der Waals surface area contributed by atoms with Crippen LogP contribution in [0.1, 0.15) is 39.7 Å². The zero-order valence-corrected chi connectivity index (χ0v) is 13.5. The Balaban J connectivity index is 3.11. The predicted molar refractivity (Wildman–Crippen MR) is 80.1 cm³/mol. The molecule has 0 fully saturated rings. The van der Waals surface area contributed by atoms with Crippen molar-refractivity contribution in [3.63, 3.8) is 0 Å². The van der Waals surface area contributed by atoms with Gasteiger partial charge in [0.15, 0.2) is 0 Å². The SMILES string of the molecule is CCCOc1cc(N(N)C(=O)OC(C)(C)C)ccc1C(F)(F)F. The van der Waals surface area contributed by atoms with Crippen molar-refractivity contribution < 1.29 is 27.4 Å². The van der Waals surface area contributed by atoms with Gasteiger partial charge in [-0.3, -0.25) is 0 Å². The highest BCUT2D eigenvalue weighted by Gasteiger charge is 2.35. The Morgan fingerprint density at radius 2 is 1.87 bits per heavy atom. The first-order valence-corrected chi connectivity index (χ1v) is 7.07.